The largest absolute Gasteiger partial charge is 0.289 e. The molecule has 2 nitrogen and oxygen atoms in total. The van der Waals surface area contributed by atoms with Gasteiger partial charge in [-0.25, -0.2) is 4.21 Å². The molecule has 136 valence electrons. The highest BCUT2D eigenvalue weighted by atomic mass is 32.2. The van der Waals surface area contributed by atoms with Crippen LogP contribution in [0.2, 0.25) is 0 Å². The first-order valence-electron chi connectivity index (χ1n) is 8.82. The summed E-state index contributed by atoms with van der Waals surface area (Å²) in [6, 6.07) is 21.1. The van der Waals surface area contributed by atoms with E-state index in [0.29, 0.717) is 15.7 Å². The van der Waals surface area contributed by atoms with Crippen LogP contribution in [0, 0.1) is 0 Å². The zero-order valence-corrected chi connectivity index (χ0v) is 17.1. The van der Waals surface area contributed by atoms with Gasteiger partial charge in [-0.2, -0.15) is 0 Å². The van der Waals surface area contributed by atoms with Crippen molar-refractivity contribution in [3.05, 3.63) is 82.5 Å². The van der Waals surface area contributed by atoms with Crippen LogP contribution in [-0.2, 0) is 16.2 Å². The Morgan fingerprint density at radius 1 is 0.778 bits per heavy atom. The predicted octanol–water partition coefficient (Wildman–Crippen LogP) is 5.88. The Balaban J connectivity index is 1.85. The molecule has 1 atom stereocenters. The summed E-state index contributed by atoms with van der Waals surface area (Å²) in [5, 5.41) is 1.35. The summed E-state index contributed by atoms with van der Waals surface area (Å²) in [4.78, 5) is 14.3. The maximum atomic E-state index is 13.2. The molecule has 0 amide bonds. The van der Waals surface area contributed by atoms with Crippen molar-refractivity contribution in [1.29, 1.82) is 0 Å². The van der Waals surface area contributed by atoms with E-state index in [4.69, 9.17) is 0 Å². The smallest absolute Gasteiger partial charge is 0.195 e. The molecule has 0 fully saturated rings. The van der Waals surface area contributed by atoms with E-state index in [1.807, 2.05) is 54.6 Å². The zero-order valence-electron chi connectivity index (χ0n) is 15.5. The van der Waals surface area contributed by atoms with Crippen LogP contribution in [0.3, 0.4) is 0 Å². The first-order chi connectivity index (χ1) is 12.8. The molecule has 0 aliphatic heterocycles. The van der Waals surface area contributed by atoms with Crippen LogP contribution in [0.25, 0.3) is 20.2 Å². The Labute approximate surface area is 164 Å². The number of fused-ring (bicyclic) bond motifs is 2. The minimum Gasteiger partial charge on any atom is -0.289 e. The van der Waals surface area contributed by atoms with Gasteiger partial charge in [-0.05, 0) is 53.4 Å². The number of rotatable bonds is 2. The van der Waals surface area contributed by atoms with Crippen molar-refractivity contribution >= 4 is 42.3 Å². The minimum atomic E-state index is -1.32. The topological polar surface area (TPSA) is 34.1 Å². The lowest BCUT2D eigenvalue weighted by Crippen LogP contribution is -2.11. The van der Waals surface area contributed by atoms with Gasteiger partial charge >= 0.3 is 0 Å². The van der Waals surface area contributed by atoms with Crippen LogP contribution in [-0.4, -0.2) is 4.21 Å². The van der Waals surface area contributed by atoms with Gasteiger partial charge in [0.05, 0.1) is 10.8 Å². The molecule has 4 aromatic rings. The maximum absolute atomic E-state index is 13.2. The Morgan fingerprint density at radius 3 is 2.26 bits per heavy atom. The summed E-state index contributed by atoms with van der Waals surface area (Å²) in [5.41, 5.74) is 1.14. The van der Waals surface area contributed by atoms with E-state index in [1.165, 1.54) is 0 Å². The normalized spacial score (nSPS) is 13.1. The fourth-order valence-corrected chi connectivity index (χ4v) is 5.29. The van der Waals surface area contributed by atoms with Crippen LogP contribution in [0.4, 0.5) is 0 Å². The highest BCUT2D eigenvalue weighted by Gasteiger charge is 2.16. The molecule has 0 aliphatic carbocycles. The van der Waals surface area contributed by atoms with E-state index in [-0.39, 0.29) is 10.8 Å². The van der Waals surface area contributed by atoms with E-state index >= 15 is 0 Å². The number of hydrogen-bond donors (Lipinski definition) is 0. The highest BCUT2D eigenvalue weighted by Crippen LogP contribution is 2.29. The van der Waals surface area contributed by atoms with Crippen molar-refractivity contribution < 1.29 is 4.21 Å². The maximum Gasteiger partial charge on any atom is 0.195 e. The molecular formula is C23H20O2S2. The van der Waals surface area contributed by atoms with Gasteiger partial charge in [0.15, 0.2) is 5.43 Å². The highest BCUT2D eigenvalue weighted by molar-refractivity contribution is 7.85. The first-order valence-corrected chi connectivity index (χ1v) is 10.8. The SMILES string of the molecule is CC(C)(C)c1cccc(S(=O)c2ccc3sc4ccccc4c(=O)c3c2)c1. The molecule has 0 radical (unpaired) electrons. The lowest BCUT2D eigenvalue weighted by Gasteiger charge is -2.19. The van der Waals surface area contributed by atoms with Gasteiger partial charge in [0.25, 0.3) is 0 Å². The summed E-state index contributed by atoms with van der Waals surface area (Å²) < 4.78 is 15.0. The zero-order chi connectivity index (χ0) is 19.2. The molecule has 3 aromatic carbocycles. The van der Waals surface area contributed by atoms with E-state index < -0.39 is 10.8 Å². The Kier molecular flexibility index (Phi) is 4.49. The van der Waals surface area contributed by atoms with Crippen LogP contribution in [0.15, 0.2) is 81.3 Å². The molecule has 1 heterocycles. The van der Waals surface area contributed by atoms with Gasteiger partial charge < -0.3 is 0 Å². The summed E-state index contributed by atoms with van der Waals surface area (Å²) >= 11 is 1.59. The van der Waals surface area contributed by atoms with E-state index in [1.54, 1.807) is 17.4 Å². The standard InChI is InChI=1S/C23H20O2S2/c1-23(2,3)15-7-6-8-16(13-15)27(25)17-11-12-21-19(14-17)22(24)18-9-4-5-10-20(18)26-21/h4-14H,1-3H3. The fourth-order valence-electron chi connectivity index (χ4n) is 3.11. The van der Waals surface area contributed by atoms with E-state index in [9.17, 15) is 9.00 Å². The minimum absolute atomic E-state index is 0.00152. The third kappa shape index (κ3) is 3.35. The van der Waals surface area contributed by atoms with E-state index in [2.05, 4.69) is 26.8 Å². The second-order valence-corrected chi connectivity index (χ2v) is 10.2. The second-order valence-electron chi connectivity index (χ2n) is 7.63. The van der Waals surface area contributed by atoms with Crippen molar-refractivity contribution in [3.8, 4) is 0 Å². The predicted molar refractivity (Wildman–Crippen MR) is 115 cm³/mol. The van der Waals surface area contributed by atoms with Gasteiger partial charge in [-0.15, -0.1) is 11.3 Å². The molecule has 0 bridgehead atoms. The molecule has 4 rings (SSSR count). The molecular weight excluding hydrogens is 372 g/mol. The summed E-state index contributed by atoms with van der Waals surface area (Å²) in [7, 11) is -1.32. The average Bonchev–Trinajstić information content (AvgIpc) is 2.67. The molecule has 0 saturated heterocycles. The molecule has 0 aliphatic rings. The van der Waals surface area contributed by atoms with Crippen molar-refractivity contribution in [3.63, 3.8) is 0 Å². The first kappa shape index (κ1) is 18.1. The lowest BCUT2D eigenvalue weighted by atomic mass is 9.87. The number of hydrogen-bond acceptors (Lipinski definition) is 3. The molecule has 4 heteroatoms. The Bertz CT molecular complexity index is 1250. The van der Waals surface area contributed by atoms with Gasteiger partial charge in [0, 0.05) is 30.0 Å². The summed E-state index contributed by atoms with van der Waals surface area (Å²) in [6.07, 6.45) is 0. The van der Waals surface area contributed by atoms with Gasteiger partial charge in [0.1, 0.15) is 0 Å². The molecule has 0 saturated carbocycles. The van der Waals surface area contributed by atoms with Crippen molar-refractivity contribution in [2.45, 2.75) is 36.0 Å². The van der Waals surface area contributed by atoms with E-state index in [0.717, 1.165) is 19.9 Å². The monoisotopic (exact) mass is 392 g/mol. The quantitative estimate of drug-likeness (QED) is 0.399. The average molecular weight is 393 g/mol. The van der Waals surface area contributed by atoms with Crippen molar-refractivity contribution in [2.75, 3.05) is 0 Å². The lowest BCUT2D eigenvalue weighted by molar-refractivity contribution is 0.588. The third-order valence-electron chi connectivity index (χ3n) is 4.68. The van der Waals surface area contributed by atoms with Gasteiger partial charge in [-0.1, -0.05) is 45.0 Å². The Morgan fingerprint density at radius 2 is 1.48 bits per heavy atom. The molecule has 27 heavy (non-hydrogen) atoms. The number of benzene rings is 3. The molecule has 1 aromatic heterocycles. The van der Waals surface area contributed by atoms with Crippen molar-refractivity contribution in [2.24, 2.45) is 0 Å². The second kappa shape index (κ2) is 6.70. The summed E-state index contributed by atoms with van der Waals surface area (Å²) in [5.74, 6) is 0. The molecule has 1 unspecified atom stereocenters. The van der Waals surface area contributed by atoms with Gasteiger partial charge in [0.2, 0.25) is 0 Å². The summed E-state index contributed by atoms with van der Waals surface area (Å²) in [6.45, 7) is 6.42. The molecule has 0 N–H and O–H groups in total. The van der Waals surface area contributed by atoms with Crippen LogP contribution < -0.4 is 5.43 Å². The van der Waals surface area contributed by atoms with Crippen LogP contribution in [0.5, 0.6) is 0 Å². The van der Waals surface area contributed by atoms with Crippen molar-refractivity contribution in [1.82, 2.24) is 0 Å². The molecule has 0 spiro atoms. The van der Waals surface area contributed by atoms with Gasteiger partial charge in [-0.3, -0.25) is 4.79 Å². The van der Waals surface area contributed by atoms with Crippen LogP contribution >= 0.6 is 11.3 Å². The Hall–Kier alpha value is -2.30. The fraction of sp³-hybridized carbons (Fsp3) is 0.174. The van der Waals surface area contributed by atoms with Crippen LogP contribution in [0.1, 0.15) is 26.3 Å². The third-order valence-corrected chi connectivity index (χ3v) is 7.19.